The minimum atomic E-state index is -3.59. The average molecular weight is 650 g/mol. The van der Waals surface area contributed by atoms with Crippen molar-refractivity contribution in [3.8, 4) is 6.07 Å². The highest BCUT2D eigenvalue weighted by atomic mass is 79.9. The predicted octanol–water partition coefficient (Wildman–Crippen LogP) is 6.93. The van der Waals surface area contributed by atoms with E-state index >= 15 is 4.57 Å². The quantitative estimate of drug-likeness (QED) is 0.231. The van der Waals surface area contributed by atoms with Crippen molar-refractivity contribution < 1.29 is 9.36 Å². The number of carbonyl (C=O) groups excluding carboxylic acids is 1. The van der Waals surface area contributed by atoms with Gasteiger partial charge in [0.05, 0.1) is 24.7 Å². The third-order valence-corrected chi connectivity index (χ3v) is 10.0. The van der Waals surface area contributed by atoms with Crippen LogP contribution in [0.25, 0.3) is 0 Å². The molecule has 1 aromatic heterocycles. The Kier molecular flexibility index (Phi) is 9.76. The molecule has 0 unspecified atom stereocenters. The maximum absolute atomic E-state index is 15.3. The van der Waals surface area contributed by atoms with Crippen molar-refractivity contribution in [2.45, 2.75) is 59.7 Å². The molecule has 1 atom stereocenters. The summed E-state index contributed by atoms with van der Waals surface area (Å²) in [5.41, 5.74) is 1.63. The van der Waals surface area contributed by atoms with Gasteiger partial charge >= 0.3 is 0 Å². The van der Waals surface area contributed by atoms with Crippen molar-refractivity contribution in [3.05, 3.63) is 68.7 Å². The Bertz CT molecular complexity index is 1320. The average Bonchev–Trinajstić information content (AvgIpc) is 3.14. The Labute approximate surface area is 235 Å². The van der Waals surface area contributed by atoms with Crippen LogP contribution in [0.4, 0.5) is 11.5 Å². The number of aromatic nitrogens is 2. The monoisotopic (exact) mass is 648 g/mol. The highest BCUT2D eigenvalue weighted by Crippen LogP contribution is 2.53. The van der Waals surface area contributed by atoms with E-state index in [4.69, 9.17) is 0 Å². The summed E-state index contributed by atoms with van der Waals surface area (Å²) in [6.07, 6.45) is 0.185. The van der Waals surface area contributed by atoms with Gasteiger partial charge in [0.2, 0.25) is 0 Å². The molecule has 3 rings (SSSR count). The molecule has 1 amide bonds. The maximum atomic E-state index is 15.3. The van der Waals surface area contributed by atoms with Crippen LogP contribution >= 0.6 is 39.3 Å². The molecule has 37 heavy (non-hydrogen) atoms. The zero-order valence-corrected chi connectivity index (χ0v) is 25.6. The molecule has 0 saturated heterocycles. The molecule has 2 N–H and O–H groups in total. The van der Waals surface area contributed by atoms with Gasteiger partial charge in [-0.15, -0.1) is 0 Å². The van der Waals surface area contributed by atoms with Crippen LogP contribution < -0.4 is 15.7 Å². The van der Waals surface area contributed by atoms with Crippen LogP contribution in [0.1, 0.15) is 50.2 Å². The molecular formula is C26H31Br2N6O2P. The van der Waals surface area contributed by atoms with Crippen molar-refractivity contribution in [1.82, 2.24) is 14.5 Å². The van der Waals surface area contributed by atoms with E-state index in [-0.39, 0.29) is 31.0 Å². The van der Waals surface area contributed by atoms with Crippen molar-refractivity contribution in [3.63, 3.8) is 0 Å². The maximum Gasteiger partial charge on any atom is 0.272 e. The lowest BCUT2D eigenvalue weighted by Gasteiger charge is -2.38. The summed E-state index contributed by atoms with van der Waals surface area (Å²) in [6, 6.07) is 16.4. The first-order valence-corrected chi connectivity index (χ1v) is 15.2. The zero-order valence-electron chi connectivity index (χ0n) is 21.5. The topological polar surface area (TPSA) is 103 Å². The number of hydrogen-bond donors (Lipinski definition) is 2. The summed E-state index contributed by atoms with van der Waals surface area (Å²) < 4.78 is 20.5. The fourth-order valence-corrected chi connectivity index (χ4v) is 8.06. The Morgan fingerprint density at radius 1 is 1.05 bits per heavy atom. The number of hydrogen-bond acceptors (Lipinski definition) is 4. The molecule has 0 aliphatic heterocycles. The van der Waals surface area contributed by atoms with Gasteiger partial charge < -0.3 is 10.4 Å². The second kappa shape index (κ2) is 12.4. The summed E-state index contributed by atoms with van der Waals surface area (Å²) >= 11 is 6.84. The first-order chi connectivity index (χ1) is 17.5. The van der Waals surface area contributed by atoms with Gasteiger partial charge in [-0.1, -0.05) is 31.9 Å². The Morgan fingerprint density at radius 2 is 1.59 bits per heavy atom. The largest absolute Gasteiger partial charge is 0.321 e. The summed E-state index contributed by atoms with van der Waals surface area (Å²) in [6.45, 7) is 9.99. The molecule has 0 radical (unpaired) electrons. The number of nitrogens with one attached hydrogen (secondary N) is 2. The number of halogens is 2. The molecule has 3 aromatic rings. The molecule has 11 heteroatoms. The fraction of sp³-hybridized carbons (Fsp3) is 0.346. The van der Waals surface area contributed by atoms with Crippen LogP contribution in [0, 0.1) is 18.3 Å². The van der Waals surface area contributed by atoms with Crippen molar-refractivity contribution in [1.29, 1.82) is 5.26 Å². The number of aryl methyl sites for hydroxylation is 2. The molecule has 0 saturated carbocycles. The Balaban J connectivity index is 2.22. The van der Waals surface area contributed by atoms with Gasteiger partial charge in [0, 0.05) is 32.3 Å². The van der Waals surface area contributed by atoms with E-state index in [9.17, 15) is 10.1 Å². The lowest BCUT2D eigenvalue weighted by Crippen LogP contribution is -2.41. The van der Waals surface area contributed by atoms with Crippen molar-refractivity contribution in [2.75, 3.05) is 10.4 Å². The molecule has 0 spiro atoms. The summed E-state index contributed by atoms with van der Waals surface area (Å²) in [5, 5.41) is 20.6. The molecular weight excluding hydrogens is 619 g/mol. The van der Waals surface area contributed by atoms with Crippen LogP contribution in [-0.2, 0) is 11.1 Å². The van der Waals surface area contributed by atoms with Gasteiger partial charge in [0.1, 0.15) is 11.1 Å². The van der Waals surface area contributed by atoms with E-state index in [0.29, 0.717) is 28.1 Å². The molecule has 0 fully saturated rings. The molecule has 0 aliphatic rings. The lowest BCUT2D eigenvalue weighted by molar-refractivity contribution is 0.102. The number of benzene rings is 2. The predicted molar refractivity (Wildman–Crippen MR) is 156 cm³/mol. The number of rotatable bonds is 10. The molecule has 1 heterocycles. The summed E-state index contributed by atoms with van der Waals surface area (Å²) in [7, 11) is -3.59. The van der Waals surface area contributed by atoms with Crippen LogP contribution in [0.2, 0.25) is 0 Å². The zero-order chi connectivity index (χ0) is 27.3. The minimum Gasteiger partial charge on any atom is -0.321 e. The van der Waals surface area contributed by atoms with Gasteiger partial charge in [-0.2, -0.15) is 10.4 Å². The number of nitriles is 1. The van der Waals surface area contributed by atoms with Crippen LogP contribution in [0.5, 0.6) is 0 Å². The molecule has 8 nitrogen and oxygen atoms in total. The number of carbonyl (C=O) groups is 1. The highest BCUT2D eigenvalue weighted by molar-refractivity contribution is 9.10. The highest BCUT2D eigenvalue weighted by Gasteiger charge is 2.42. The number of anilines is 2. The summed E-state index contributed by atoms with van der Waals surface area (Å²) in [4.78, 5) is 13.3. The molecule has 2 aromatic carbocycles. The number of amides is 1. The lowest BCUT2D eigenvalue weighted by atomic mass is 10.2. The van der Waals surface area contributed by atoms with E-state index in [1.807, 2.05) is 56.6 Å². The second-order valence-corrected chi connectivity index (χ2v) is 13.3. The van der Waals surface area contributed by atoms with E-state index in [0.717, 1.165) is 8.95 Å². The van der Waals surface area contributed by atoms with Gasteiger partial charge in [0.25, 0.3) is 13.4 Å². The number of nitrogens with zero attached hydrogens (tertiary/aromatic N) is 4. The normalized spacial score (nSPS) is 13.0. The van der Waals surface area contributed by atoms with Crippen LogP contribution in [0.15, 0.2) is 57.5 Å². The molecule has 196 valence electrons. The van der Waals surface area contributed by atoms with E-state index < -0.39 is 7.44 Å². The molecule has 0 bridgehead atoms. The third-order valence-electron chi connectivity index (χ3n) is 5.68. The van der Waals surface area contributed by atoms with Gasteiger partial charge in [-0.25, -0.2) is 9.35 Å². The van der Waals surface area contributed by atoms with Crippen molar-refractivity contribution in [2.24, 2.45) is 0 Å². The van der Waals surface area contributed by atoms with Gasteiger partial charge in [-0.05, 0) is 83.1 Å². The third kappa shape index (κ3) is 6.71. The van der Waals surface area contributed by atoms with E-state index in [2.05, 4.69) is 53.4 Å². The van der Waals surface area contributed by atoms with Crippen LogP contribution in [-0.4, -0.2) is 32.4 Å². The standard InChI is InChI=1S/C26H31Br2N6O2P/c1-17(2)34(18(3)4)37(36,32-23-13-11-22(28)12-14-23)24-19(5)31-33(16-6-15-29)25(24)30-26(35)20-7-9-21(27)10-8-20/h7-14,17-18H,6,16H2,1-5H3,(H,30,35)(H,32,36)/t37-/m1/s1. The first kappa shape index (κ1) is 29.1. The van der Waals surface area contributed by atoms with E-state index in [1.165, 1.54) is 0 Å². The Hall–Kier alpha value is -2.44. The minimum absolute atomic E-state index is 0.0920. The summed E-state index contributed by atoms with van der Waals surface area (Å²) in [5.74, 6) is -0.0393. The van der Waals surface area contributed by atoms with E-state index in [1.54, 1.807) is 35.9 Å². The first-order valence-electron chi connectivity index (χ1n) is 11.9. The SMILES string of the molecule is Cc1nn(CCC#N)c(NC(=O)c2ccc(Br)cc2)c1[P@@](=O)(Nc1ccc(Br)cc1)N(C(C)C)C(C)C. The van der Waals surface area contributed by atoms with Crippen LogP contribution in [0.3, 0.4) is 0 Å². The fourth-order valence-electron chi connectivity index (χ4n) is 4.33. The van der Waals surface area contributed by atoms with Crippen molar-refractivity contribution >= 4 is 62.0 Å². The Morgan fingerprint density at radius 3 is 2.11 bits per heavy atom. The smallest absolute Gasteiger partial charge is 0.272 e. The molecule has 0 aliphatic carbocycles. The second-order valence-electron chi connectivity index (χ2n) is 9.14. The van der Waals surface area contributed by atoms with Gasteiger partial charge in [-0.3, -0.25) is 9.36 Å². The van der Waals surface area contributed by atoms with Gasteiger partial charge in [0.15, 0.2) is 0 Å².